The zero-order valence-corrected chi connectivity index (χ0v) is 16.2. The number of carboxylic acids is 1. The van der Waals surface area contributed by atoms with Gasteiger partial charge in [0, 0.05) is 25.0 Å². The molecular weight excluding hydrogens is 404 g/mol. The van der Waals surface area contributed by atoms with E-state index < -0.39 is 62.2 Å². The minimum atomic E-state index is -4.85. The Bertz CT molecular complexity index is 888. The molecule has 1 saturated heterocycles. The first-order valence-electron chi connectivity index (χ1n) is 7.58. The number of amides is 2. The lowest BCUT2D eigenvalue weighted by molar-refractivity contribution is -0.166. The van der Waals surface area contributed by atoms with Crippen LogP contribution >= 0.6 is 0 Å². The van der Waals surface area contributed by atoms with E-state index in [0.717, 1.165) is 16.5 Å². The molecule has 0 radical (unpaired) electrons. The van der Waals surface area contributed by atoms with Gasteiger partial charge in [-0.25, -0.2) is 13.2 Å². The summed E-state index contributed by atoms with van der Waals surface area (Å²) < 4.78 is 47.9. The highest BCUT2D eigenvalue weighted by Gasteiger charge is 2.62. The van der Waals surface area contributed by atoms with Crippen molar-refractivity contribution in [2.45, 2.75) is 38.8 Å². The summed E-state index contributed by atoms with van der Waals surface area (Å²) in [6, 6.07) is -0.784. The quantitative estimate of drug-likeness (QED) is 0.361. The largest absolute Gasteiger partial charge is 0.477 e. The molecule has 0 saturated carbocycles. The molecule has 0 aliphatic carbocycles. The van der Waals surface area contributed by atoms with Crippen molar-refractivity contribution in [3.8, 4) is 0 Å². The van der Waals surface area contributed by atoms with Crippen molar-refractivity contribution in [2.75, 3.05) is 0 Å². The van der Waals surface area contributed by atoms with Crippen molar-refractivity contribution in [2.24, 2.45) is 5.92 Å². The average molecular weight is 422 g/mol. The number of aliphatic carboxylic acids is 1. The fourth-order valence-electron chi connectivity index (χ4n) is 3.23. The summed E-state index contributed by atoms with van der Waals surface area (Å²) in [5.41, 5.74) is -2.09. The standard InChI is InChI=1S/C14H18N2O9S2/c1-7(17)15-4-5-26(21)9-6-8-10(14(2,3)25-27(22,23)24)12(18)16(8)11(9)13(19)20/h4-5,8,10H,6H2,1-3H3,(H,15,17)(H,19,20)(H,22,23,24)/b5-4+/t8-,10+,26+/m1/s1. The minimum Gasteiger partial charge on any atom is -0.477 e. The third kappa shape index (κ3) is 4.26. The van der Waals surface area contributed by atoms with Crippen molar-refractivity contribution in [3.63, 3.8) is 0 Å². The molecule has 150 valence electrons. The van der Waals surface area contributed by atoms with Gasteiger partial charge in [0.1, 0.15) is 5.70 Å². The zero-order chi connectivity index (χ0) is 20.7. The predicted molar refractivity (Wildman–Crippen MR) is 91.2 cm³/mol. The molecule has 0 spiro atoms. The van der Waals surface area contributed by atoms with Crippen LogP contribution in [-0.4, -0.2) is 56.6 Å². The Morgan fingerprint density at radius 3 is 2.48 bits per heavy atom. The smallest absolute Gasteiger partial charge is 0.397 e. The maximum absolute atomic E-state index is 12.5. The molecule has 3 atom stereocenters. The lowest BCUT2D eigenvalue weighted by Gasteiger charge is -2.49. The highest BCUT2D eigenvalue weighted by atomic mass is 32.3. The van der Waals surface area contributed by atoms with E-state index in [0.29, 0.717) is 0 Å². The molecule has 0 unspecified atom stereocenters. The number of fused-ring (bicyclic) bond motifs is 1. The molecule has 1 fully saturated rings. The van der Waals surface area contributed by atoms with Crippen LogP contribution in [0, 0.1) is 5.92 Å². The Labute approximate surface area is 157 Å². The van der Waals surface area contributed by atoms with E-state index in [1.807, 2.05) is 0 Å². The van der Waals surface area contributed by atoms with Gasteiger partial charge in [0.15, 0.2) is 0 Å². The molecule has 11 nitrogen and oxygen atoms in total. The SMILES string of the molecule is CC(=O)N/C=C/[S@](=O)C1=C(C(=O)O)N2C(=O)[C@@H](C(C)(C)OS(=O)(=O)O)[C@H]2C1. The third-order valence-corrected chi connectivity index (χ3v) is 5.98. The van der Waals surface area contributed by atoms with E-state index in [9.17, 15) is 32.1 Å². The number of nitrogens with zero attached hydrogens (tertiary/aromatic N) is 1. The number of rotatable bonds is 7. The number of carbonyl (C=O) groups is 3. The predicted octanol–water partition coefficient (Wildman–Crippen LogP) is -0.533. The maximum atomic E-state index is 12.5. The van der Waals surface area contributed by atoms with Gasteiger partial charge in [-0.2, -0.15) is 8.42 Å². The number of carboxylic acid groups (broad SMARTS) is 1. The van der Waals surface area contributed by atoms with Gasteiger partial charge in [-0.15, -0.1) is 0 Å². The van der Waals surface area contributed by atoms with E-state index in [2.05, 4.69) is 9.50 Å². The fraction of sp³-hybridized carbons (Fsp3) is 0.500. The van der Waals surface area contributed by atoms with Crippen LogP contribution in [0.5, 0.6) is 0 Å². The topological polar surface area (TPSA) is 167 Å². The zero-order valence-electron chi connectivity index (χ0n) is 14.5. The number of hydrogen-bond donors (Lipinski definition) is 3. The lowest BCUT2D eigenvalue weighted by atomic mass is 9.76. The second-order valence-electron chi connectivity index (χ2n) is 6.45. The van der Waals surface area contributed by atoms with Crippen LogP contribution in [0.4, 0.5) is 0 Å². The van der Waals surface area contributed by atoms with Crippen molar-refractivity contribution in [3.05, 3.63) is 22.2 Å². The van der Waals surface area contributed by atoms with Crippen molar-refractivity contribution >= 4 is 39.0 Å². The van der Waals surface area contributed by atoms with Gasteiger partial charge in [-0.05, 0) is 13.8 Å². The lowest BCUT2D eigenvalue weighted by Crippen LogP contribution is -2.66. The van der Waals surface area contributed by atoms with Crippen LogP contribution in [0.15, 0.2) is 22.2 Å². The summed E-state index contributed by atoms with van der Waals surface area (Å²) in [5, 5.41) is 12.8. The molecule has 0 aromatic heterocycles. The van der Waals surface area contributed by atoms with Crippen LogP contribution < -0.4 is 5.32 Å². The first kappa shape index (κ1) is 21.2. The molecular formula is C14H18N2O9S2. The first-order chi connectivity index (χ1) is 12.3. The van der Waals surface area contributed by atoms with Gasteiger partial charge in [0.25, 0.3) is 0 Å². The van der Waals surface area contributed by atoms with Crippen LogP contribution in [0.1, 0.15) is 27.2 Å². The first-order valence-corrected chi connectivity index (χ1v) is 10.2. The van der Waals surface area contributed by atoms with E-state index in [1.54, 1.807) is 0 Å². The Morgan fingerprint density at radius 2 is 2.00 bits per heavy atom. The summed E-state index contributed by atoms with van der Waals surface area (Å²) in [6.07, 6.45) is 1.01. The Balaban J connectivity index is 2.30. The van der Waals surface area contributed by atoms with E-state index in [4.69, 9.17) is 4.55 Å². The molecule has 2 rings (SSSR count). The molecule has 2 amide bonds. The molecule has 2 aliphatic rings. The van der Waals surface area contributed by atoms with Crippen LogP contribution in [0.25, 0.3) is 0 Å². The van der Waals surface area contributed by atoms with Crippen LogP contribution in [-0.2, 0) is 39.8 Å². The minimum absolute atomic E-state index is 0.0485. The summed E-state index contributed by atoms with van der Waals surface area (Å²) >= 11 is 0. The molecule has 0 aromatic rings. The third-order valence-electron chi connectivity index (χ3n) is 4.11. The van der Waals surface area contributed by atoms with Crippen molar-refractivity contribution in [1.82, 2.24) is 10.2 Å². The molecule has 2 heterocycles. The number of carbonyl (C=O) groups excluding carboxylic acids is 2. The Hall–Kier alpha value is -2.09. The number of nitrogens with one attached hydrogen (secondary N) is 1. The maximum Gasteiger partial charge on any atom is 0.397 e. The monoisotopic (exact) mass is 422 g/mol. The normalized spacial score (nSPS) is 24.0. The van der Waals surface area contributed by atoms with Gasteiger partial charge in [0.2, 0.25) is 11.8 Å². The van der Waals surface area contributed by atoms with E-state index in [-0.39, 0.29) is 11.3 Å². The highest BCUT2D eigenvalue weighted by Crippen LogP contribution is 2.48. The van der Waals surface area contributed by atoms with Crippen molar-refractivity contribution < 1.29 is 40.9 Å². The summed E-state index contributed by atoms with van der Waals surface area (Å²) in [4.78, 5) is 35.8. The number of hydrogen-bond acceptors (Lipinski definition) is 7. The second kappa shape index (κ2) is 7.14. The summed E-state index contributed by atoms with van der Waals surface area (Å²) in [6.45, 7) is 3.77. The second-order valence-corrected chi connectivity index (χ2v) is 8.83. The fourth-order valence-corrected chi connectivity index (χ4v) is 4.94. The van der Waals surface area contributed by atoms with Crippen molar-refractivity contribution in [1.29, 1.82) is 0 Å². The van der Waals surface area contributed by atoms with Gasteiger partial charge in [-0.1, -0.05) is 0 Å². The average Bonchev–Trinajstić information content (AvgIpc) is 2.78. The highest BCUT2D eigenvalue weighted by molar-refractivity contribution is 7.91. The molecule has 13 heteroatoms. The molecule has 0 aromatic carbocycles. The Kier molecular flexibility index (Phi) is 5.61. The van der Waals surface area contributed by atoms with Crippen LogP contribution in [0.3, 0.4) is 0 Å². The summed E-state index contributed by atoms with van der Waals surface area (Å²) in [5.74, 6) is -3.66. The molecule has 3 N–H and O–H groups in total. The molecule has 27 heavy (non-hydrogen) atoms. The van der Waals surface area contributed by atoms with Gasteiger partial charge in [0.05, 0.1) is 33.3 Å². The summed E-state index contributed by atoms with van der Waals surface area (Å²) in [7, 11) is -6.79. The molecule has 0 bridgehead atoms. The van der Waals surface area contributed by atoms with E-state index in [1.165, 1.54) is 20.8 Å². The van der Waals surface area contributed by atoms with Gasteiger partial charge < -0.3 is 15.3 Å². The Morgan fingerprint density at radius 1 is 1.41 bits per heavy atom. The van der Waals surface area contributed by atoms with Crippen LogP contribution in [0.2, 0.25) is 0 Å². The number of β-lactam (4-membered cyclic amide) rings is 1. The van der Waals surface area contributed by atoms with Gasteiger partial charge in [-0.3, -0.25) is 14.1 Å². The molecule has 2 aliphatic heterocycles. The van der Waals surface area contributed by atoms with Gasteiger partial charge >= 0.3 is 16.4 Å². The van der Waals surface area contributed by atoms with E-state index >= 15 is 0 Å².